The highest BCUT2D eigenvalue weighted by Crippen LogP contribution is 2.32. The summed E-state index contributed by atoms with van der Waals surface area (Å²) < 4.78 is 21.3. The predicted octanol–water partition coefficient (Wildman–Crippen LogP) is -0.932. The van der Waals surface area contributed by atoms with E-state index < -0.39 is 165 Å². The number of carbonyl (C=O) groups excluding carboxylic acids is 7. The number of hydrogen-bond donors (Lipinski definition) is 13. The van der Waals surface area contributed by atoms with E-state index in [4.69, 9.17) is 25.5 Å². The number of aliphatic hydroxyl groups excluding tert-OH is 6. The van der Waals surface area contributed by atoms with Gasteiger partial charge in [-0.15, -0.1) is 0 Å². The van der Waals surface area contributed by atoms with E-state index in [1.54, 1.807) is 12.1 Å². The van der Waals surface area contributed by atoms with Gasteiger partial charge in [-0.3, -0.25) is 33.6 Å². The van der Waals surface area contributed by atoms with Gasteiger partial charge in [-0.25, -0.2) is 11.8 Å². The molecule has 4 heterocycles. The number of aromatic hydroxyl groups is 1. The molecule has 0 aromatic heterocycles. The van der Waals surface area contributed by atoms with Gasteiger partial charge in [0.2, 0.25) is 42.0 Å². The maximum atomic E-state index is 14.6. The number of ether oxygens (including phenoxy) is 2. The first-order valence-corrected chi connectivity index (χ1v) is 31.4. The molecule has 3 aromatic rings. The Morgan fingerprint density at radius 1 is 0.750 bits per heavy atom. The summed E-state index contributed by atoms with van der Waals surface area (Å²) in [7, 11) is 0. The Morgan fingerprint density at radius 2 is 1.39 bits per heavy atom. The van der Waals surface area contributed by atoms with Crippen LogP contribution in [0.4, 0.5) is 11.4 Å². The lowest BCUT2D eigenvalue weighted by Gasteiger charge is -2.37. The summed E-state index contributed by atoms with van der Waals surface area (Å²) >= 11 is 0.0730. The first-order chi connectivity index (χ1) is 44.1. The second kappa shape index (κ2) is 33.3. The summed E-state index contributed by atoms with van der Waals surface area (Å²) in [6, 6.07) is 6.75. The second-order valence-electron chi connectivity index (χ2n) is 23.8. The molecule has 4 aliphatic heterocycles. The molecule has 0 bridgehead atoms. The van der Waals surface area contributed by atoms with Crippen molar-refractivity contribution in [3.05, 3.63) is 89.3 Å². The summed E-state index contributed by atoms with van der Waals surface area (Å²) in [4.78, 5) is 110. The Kier molecular flexibility index (Phi) is 25.4. The number of phenols is 1. The van der Waals surface area contributed by atoms with Crippen LogP contribution >= 0.6 is 12.3 Å². The Labute approximate surface area is 535 Å². The molecule has 7 amide bonds. The lowest BCUT2D eigenvalue weighted by atomic mass is 9.98. The van der Waals surface area contributed by atoms with Gasteiger partial charge in [-0.1, -0.05) is 41.6 Å². The highest BCUT2D eigenvalue weighted by Gasteiger charge is 2.50. The number of nitrogens with zero attached hydrogens (tertiary/aromatic N) is 5. The third-order valence-corrected chi connectivity index (χ3v) is 17.5. The average Bonchev–Trinajstić information content (AvgIpc) is 1.64. The number of piperazine rings is 1. The van der Waals surface area contributed by atoms with Crippen LogP contribution in [-0.2, 0) is 49.3 Å². The van der Waals surface area contributed by atoms with Gasteiger partial charge in [0, 0.05) is 94.4 Å². The molecule has 502 valence electrons. The van der Waals surface area contributed by atoms with Crippen LogP contribution in [0.3, 0.4) is 0 Å². The summed E-state index contributed by atoms with van der Waals surface area (Å²) in [6.07, 6.45) is -5.03. The van der Waals surface area contributed by atoms with Crippen LogP contribution in [0.15, 0.2) is 66.7 Å². The highest BCUT2D eigenvalue weighted by atomic mass is 32.2. The maximum absolute atomic E-state index is 14.6. The maximum Gasteiger partial charge on any atom is 0.261 e. The molecule has 0 radical (unpaired) electrons. The van der Waals surface area contributed by atoms with Crippen molar-refractivity contribution in [2.24, 2.45) is 5.92 Å². The molecule has 4 saturated heterocycles. The summed E-state index contributed by atoms with van der Waals surface area (Å²) in [5.74, 6) is -8.71. The van der Waals surface area contributed by atoms with Crippen molar-refractivity contribution in [2.45, 2.75) is 151 Å². The van der Waals surface area contributed by atoms with E-state index in [1.807, 2.05) is 24.3 Å². The number of hydrogen-bond acceptors (Lipinski definition) is 23. The monoisotopic (exact) mass is 1310 g/mol. The van der Waals surface area contributed by atoms with Crippen LogP contribution in [0.1, 0.15) is 81.1 Å². The lowest BCUT2D eigenvalue weighted by molar-refractivity contribution is -0.433. The van der Waals surface area contributed by atoms with E-state index in [1.165, 1.54) is 50.5 Å². The first-order valence-electron chi connectivity index (χ1n) is 30.7. The van der Waals surface area contributed by atoms with Gasteiger partial charge in [0.15, 0.2) is 17.6 Å². The summed E-state index contributed by atoms with van der Waals surface area (Å²) in [5, 5.41) is 103. The molecule has 30 nitrogen and oxygen atoms in total. The topological polar surface area (TPSA) is 405 Å². The number of carbonyl (C=O) groups is 7. The van der Waals surface area contributed by atoms with Gasteiger partial charge >= 0.3 is 0 Å². The zero-order valence-corrected chi connectivity index (χ0v) is 51.8. The molecule has 5 fully saturated rings. The van der Waals surface area contributed by atoms with Gasteiger partial charge in [-0.2, -0.15) is 0 Å². The van der Waals surface area contributed by atoms with Crippen molar-refractivity contribution in [2.75, 3.05) is 75.4 Å². The van der Waals surface area contributed by atoms with Gasteiger partial charge < -0.3 is 100 Å². The quantitative estimate of drug-likeness (QED) is 0.0214. The number of fused-ring (bicyclic) bond motifs is 2. The van der Waals surface area contributed by atoms with E-state index in [0.717, 1.165) is 59.2 Å². The van der Waals surface area contributed by atoms with Crippen molar-refractivity contribution in [1.29, 1.82) is 0 Å². The fourth-order valence-electron chi connectivity index (χ4n) is 12.1. The van der Waals surface area contributed by atoms with Gasteiger partial charge in [0.05, 0.1) is 49.8 Å². The van der Waals surface area contributed by atoms with Crippen LogP contribution in [-0.4, -0.2) is 237 Å². The molecule has 13 atom stereocenters. The molecule has 13 N–H and O–H groups in total. The van der Waals surface area contributed by atoms with E-state index in [0.29, 0.717) is 45.5 Å². The number of amides is 7. The van der Waals surface area contributed by atoms with Crippen molar-refractivity contribution in [3.8, 4) is 17.2 Å². The molecular formula is C61H82N10O20S. The lowest BCUT2D eigenvalue weighted by Crippen LogP contribution is -2.64. The van der Waals surface area contributed by atoms with E-state index >= 15 is 0 Å². The summed E-state index contributed by atoms with van der Waals surface area (Å²) in [5.41, 5.74) is 2.04. The fourth-order valence-corrected chi connectivity index (χ4v) is 12.3. The molecule has 31 heteroatoms. The van der Waals surface area contributed by atoms with Crippen LogP contribution in [0.25, 0.3) is 4.85 Å². The minimum atomic E-state index is -2.14. The molecule has 0 unspecified atom stereocenters. The van der Waals surface area contributed by atoms with E-state index in [-0.39, 0.29) is 35.7 Å². The Bertz CT molecular complexity index is 3040. The normalized spacial score (nSPS) is 26.8. The molecule has 5 aliphatic rings. The number of rotatable bonds is 20. The number of benzene rings is 3. The zero-order valence-electron chi connectivity index (χ0n) is 51.0. The predicted molar refractivity (Wildman–Crippen MR) is 328 cm³/mol. The largest absolute Gasteiger partial charge is 0.504 e. The zero-order chi connectivity index (χ0) is 66.2. The Balaban J connectivity index is 0.998. The average molecular weight is 1310 g/mol. The van der Waals surface area contributed by atoms with Gasteiger partial charge in [-0.05, 0) is 86.0 Å². The van der Waals surface area contributed by atoms with E-state index in [9.17, 15) is 69.3 Å². The van der Waals surface area contributed by atoms with Gasteiger partial charge in [0.25, 0.3) is 18.2 Å². The number of β-amino-alcohol motifs (C(OH)–C–C–N with tert-alkyl or cyclic N) is 1. The first kappa shape index (κ1) is 70.3. The van der Waals surface area contributed by atoms with Crippen molar-refractivity contribution in [3.63, 3.8) is 0 Å². The Hall–Kier alpha value is -7.61. The second-order valence-corrected chi connectivity index (χ2v) is 24.2. The number of aliphatic hydroxyl groups is 6. The molecule has 1 aliphatic carbocycles. The van der Waals surface area contributed by atoms with Crippen molar-refractivity contribution >= 4 is 65.0 Å². The number of nitrogens with one attached hydrogen (secondary N) is 5. The fraction of sp³-hybridized carbons (Fsp3) is 0.574. The molecular weight excluding hydrogens is 1220 g/mol. The van der Waals surface area contributed by atoms with Crippen LogP contribution in [0, 0.1) is 12.5 Å². The third-order valence-electron chi connectivity index (χ3n) is 17.1. The molecule has 92 heavy (non-hydrogen) atoms. The standard InChI is InChI=1S/C61H82N10O20S/c1-34-32-71-53(54(34)78)59(83)63-30-40(73)28-44(64-55(79)37-11-13-38(14-12-37)68-20-22-69(23-21-68)39-15-17-43(18-16-39)88-25-7-24-87-42-8-5-4-6-9-42)56(80)65-50(35(2)72)60(84)70-33-41(74)29-45(70)57(81)66-51(58(82)67-52(61(71)85)48(77)31-62-3)47(76)26-36-10-19-46(75)49(27-36)89-92-91-90-86/h10-19,27,34-35,40-42,44-45,47-48,50-54,72-78,86H,4-9,20-26,28-33H2,1-2H3,(H,63,83)(H,64,79)(H,65,80)(H,66,81)(H,67,82)/t34-,35+,40+,41+,44+,45+,47-,48-,50+,51+,52+,53+,54+/m1/s1. The minimum Gasteiger partial charge on any atom is -0.504 e. The third kappa shape index (κ3) is 18.4. The molecule has 8 rings (SSSR count). The number of phenolic OH excluding ortho intramolecular Hbond substituents is 1. The van der Waals surface area contributed by atoms with E-state index in [2.05, 4.69) is 50.6 Å². The smallest absolute Gasteiger partial charge is 0.261 e. The van der Waals surface area contributed by atoms with Crippen molar-refractivity contribution in [1.82, 2.24) is 36.4 Å². The van der Waals surface area contributed by atoms with Crippen LogP contribution < -0.4 is 45.3 Å². The number of anilines is 2. The van der Waals surface area contributed by atoms with Gasteiger partial charge in [0.1, 0.15) is 42.0 Å². The molecule has 0 spiro atoms. The van der Waals surface area contributed by atoms with Crippen LogP contribution in [0.5, 0.6) is 17.2 Å². The molecule has 1 saturated carbocycles. The van der Waals surface area contributed by atoms with Crippen LogP contribution in [0.2, 0.25) is 0 Å². The minimum absolute atomic E-state index is 0.0730. The SMILES string of the molecule is [C-]#[N+]C[C@@H](O)[C@@H]1NC(=O)[C@H]([C@H](O)Cc2ccc(O)c(OSOOO)c2)NC(=O)[C@@H]2C[C@H](O)CN2C(=O)[C@H]([C@H](C)O)NC(=O)[C@@H](NC(=O)c2ccc(N3CCN(c4ccc(OCCCOC5CCCCC5)cc4)CC3)cc2)C[C@H](O)CNC(=O)[C@@H]2[C@@H](O)[C@H](C)CN2C1=O. The molecule has 3 aromatic carbocycles. The highest BCUT2D eigenvalue weighted by molar-refractivity contribution is 7.90. The Morgan fingerprint density at radius 3 is 2.04 bits per heavy atom. The summed E-state index contributed by atoms with van der Waals surface area (Å²) in [6.45, 7) is 11.6. The van der Waals surface area contributed by atoms with Crippen molar-refractivity contribution < 1.29 is 97.6 Å².